The van der Waals surface area contributed by atoms with E-state index < -0.39 is 17.4 Å². The van der Waals surface area contributed by atoms with Crippen LogP contribution in [-0.2, 0) is 13.2 Å². The van der Waals surface area contributed by atoms with Crippen molar-refractivity contribution in [3.63, 3.8) is 0 Å². The molecule has 0 spiro atoms. The summed E-state index contributed by atoms with van der Waals surface area (Å²) >= 11 is 0. The SMILES string of the molecule is Cc1cc(Oc2c(F)cc(COc3cc4n(c(=O)n3)CC35CCC(CC3)N45)cc2F)ccn1. The van der Waals surface area contributed by atoms with Crippen molar-refractivity contribution in [1.29, 1.82) is 0 Å². The first-order valence-electron chi connectivity index (χ1n) is 11.0. The number of hydrogen-bond donors (Lipinski definition) is 0. The quantitative estimate of drug-likeness (QED) is 0.580. The molecule has 33 heavy (non-hydrogen) atoms. The summed E-state index contributed by atoms with van der Waals surface area (Å²) in [6.45, 7) is 2.29. The van der Waals surface area contributed by atoms with Crippen molar-refractivity contribution in [2.75, 3.05) is 4.90 Å². The Kier molecular flexibility index (Phi) is 4.43. The molecule has 0 aliphatic carbocycles. The number of rotatable bonds is 5. The Bertz CT molecular complexity index is 1290. The normalized spacial score (nSPS) is 22.4. The Morgan fingerprint density at radius 1 is 1.15 bits per heavy atom. The zero-order chi connectivity index (χ0) is 22.7. The van der Waals surface area contributed by atoms with Crippen molar-refractivity contribution < 1.29 is 18.3 Å². The molecule has 3 aliphatic heterocycles. The van der Waals surface area contributed by atoms with E-state index in [0.717, 1.165) is 43.6 Å². The van der Waals surface area contributed by atoms with Crippen molar-refractivity contribution in [3.05, 3.63) is 69.9 Å². The van der Waals surface area contributed by atoms with Gasteiger partial charge in [0.1, 0.15) is 18.2 Å². The zero-order valence-corrected chi connectivity index (χ0v) is 18.1. The minimum Gasteiger partial charge on any atom is -0.473 e. The topological polar surface area (TPSA) is 69.5 Å². The van der Waals surface area contributed by atoms with Crippen molar-refractivity contribution in [3.8, 4) is 17.4 Å². The maximum absolute atomic E-state index is 14.6. The lowest BCUT2D eigenvalue weighted by Crippen LogP contribution is -2.38. The van der Waals surface area contributed by atoms with Crippen LogP contribution in [0.3, 0.4) is 0 Å². The lowest BCUT2D eigenvalue weighted by molar-refractivity contribution is 0.289. The average Bonchev–Trinajstić information content (AvgIpc) is 3.41. The molecule has 0 saturated carbocycles. The van der Waals surface area contributed by atoms with Gasteiger partial charge in [0.15, 0.2) is 17.4 Å². The van der Waals surface area contributed by atoms with Gasteiger partial charge in [0, 0.05) is 30.1 Å². The van der Waals surface area contributed by atoms with Gasteiger partial charge in [-0.05, 0) is 56.4 Å². The second-order valence-corrected chi connectivity index (χ2v) is 9.06. The van der Waals surface area contributed by atoms with E-state index in [0.29, 0.717) is 24.0 Å². The highest BCUT2D eigenvalue weighted by molar-refractivity contribution is 5.54. The molecule has 2 aromatic heterocycles. The Hall–Kier alpha value is -3.49. The van der Waals surface area contributed by atoms with Gasteiger partial charge in [0.25, 0.3) is 0 Å². The number of nitrogens with zero attached hydrogens (tertiary/aromatic N) is 4. The second-order valence-electron chi connectivity index (χ2n) is 9.06. The molecule has 2 saturated heterocycles. The fourth-order valence-corrected chi connectivity index (χ4v) is 5.53. The number of pyridine rings is 1. The minimum atomic E-state index is -0.847. The van der Waals surface area contributed by atoms with E-state index in [2.05, 4.69) is 14.9 Å². The number of ether oxygens (including phenoxy) is 2. The summed E-state index contributed by atoms with van der Waals surface area (Å²) in [6, 6.07) is 7.64. The molecular weight excluding hydrogens is 430 g/mol. The number of fused-ring (bicyclic) bond motifs is 1. The summed E-state index contributed by atoms with van der Waals surface area (Å²) in [5.74, 6) is -0.906. The van der Waals surface area contributed by atoms with Crippen LogP contribution in [0.1, 0.15) is 36.9 Å². The number of aromatic nitrogens is 3. The summed E-state index contributed by atoms with van der Waals surface area (Å²) in [7, 11) is 0. The maximum Gasteiger partial charge on any atom is 0.352 e. The predicted molar refractivity (Wildman–Crippen MR) is 116 cm³/mol. The van der Waals surface area contributed by atoms with Crippen LogP contribution in [0.2, 0.25) is 0 Å². The second kappa shape index (κ2) is 7.26. The third-order valence-corrected chi connectivity index (χ3v) is 6.96. The highest BCUT2D eigenvalue weighted by Crippen LogP contribution is 2.53. The third-order valence-electron chi connectivity index (χ3n) is 6.96. The Morgan fingerprint density at radius 3 is 2.64 bits per heavy atom. The molecule has 9 heteroatoms. The van der Waals surface area contributed by atoms with E-state index in [1.54, 1.807) is 23.6 Å². The van der Waals surface area contributed by atoms with E-state index in [-0.39, 0.29) is 29.3 Å². The van der Waals surface area contributed by atoms with Crippen LogP contribution in [0.5, 0.6) is 17.4 Å². The van der Waals surface area contributed by atoms with Gasteiger partial charge in [-0.3, -0.25) is 9.55 Å². The van der Waals surface area contributed by atoms with Gasteiger partial charge in [-0.25, -0.2) is 13.6 Å². The van der Waals surface area contributed by atoms with Gasteiger partial charge >= 0.3 is 5.69 Å². The zero-order valence-electron chi connectivity index (χ0n) is 18.1. The molecule has 1 aromatic carbocycles. The molecule has 7 nitrogen and oxygen atoms in total. The smallest absolute Gasteiger partial charge is 0.352 e. The predicted octanol–water partition coefficient (Wildman–Crippen LogP) is 4.11. The summed E-state index contributed by atoms with van der Waals surface area (Å²) in [5, 5.41) is 0. The van der Waals surface area contributed by atoms with Crippen LogP contribution < -0.4 is 20.1 Å². The number of halogens is 2. The largest absolute Gasteiger partial charge is 0.473 e. The van der Waals surface area contributed by atoms with E-state index >= 15 is 0 Å². The molecule has 0 atom stereocenters. The molecule has 0 unspecified atom stereocenters. The summed E-state index contributed by atoms with van der Waals surface area (Å²) in [4.78, 5) is 23.0. The molecule has 2 fully saturated rings. The van der Waals surface area contributed by atoms with Gasteiger partial charge in [0.2, 0.25) is 5.88 Å². The minimum absolute atomic E-state index is 0.0343. The first-order valence-corrected chi connectivity index (χ1v) is 11.0. The van der Waals surface area contributed by atoms with Crippen molar-refractivity contribution in [1.82, 2.24) is 14.5 Å². The van der Waals surface area contributed by atoms with Crippen LogP contribution in [0.25, 0.3) is 0 Å². The standard InChI is InChI=1S/C24H22F2N4O3/c1-14-8-17(4-7-27-14)33-22-18(25)9-15(10-19(22)26)12-32-20-11-21-29(23(31)28-20)13-24-5-2-16(3-6-24)30(21)24/h4,7-11,16H,2-3,5-6,12-13H2,1H3. The highest BCUT2D eigenvalue weighted by atomic mass is 19.1. The van der Waals surface area contributed by atoms with Crippen LogP contribution >= 0.6 is 0 Å². The maximum atomic E-state index is 14.6. The van der Waals surface area contributed by atoms with Crippen LogP contribution in [0, 0.1) is 18.6 Å². The lowest BCUT2D eigenvalue weighted by atomic mass is 9.88. The molecule has 0 N–H and O–H groups in total. The van der Waals surface area contributed by atoms with E-state index in [9.17, 15) is 13.6 Å². The first kappa shape index (κ1) is 20.1. The van der Waals surface area contributed by atoms with Crippen LogP contribution in [-0.4, -0.2) is 26.1 Å². The van der Waals surface area contributed by atoms with Crippen molar-refractivity contribution in [2.45, 2.75) is 57.3 Å². The summed E-state index contributed by atoms with van der Waals surface area (Å²) < 4.78 is 42.0. The Balaban J connectivity index is 1.21. The van der Waals surface area contributed by atoms with Gasteiger partial charge in [-0.2, -0.15) is 4.98 Å². The van der Waals surface area contributed by atoms with Crippen LogP contribution in [0.15, 0.2) is 41.3 Å². The molecule has 6 rings (SSSR count). The van der Waals surface area contributed by atoms with Gasteiger partial charge in [-0.15, -0.1) is 0 Å². The molecule has 0 amide bonds. The molecule has 0 radical (unpaired) electrons. The molecule has 2 bridgehead atoms. The Labute approximate surface area is 188 Å². The molecule has 5 heterocycles. The molecule has 3 aromatic rings. The molecule has 170 valence electrons. The third kappa shape index (κ3) is 3.25. The summed E-state index contributed by atoms with van der Waals surface area (Å²) in [6.07, 6.45) is 5.95. The number of anilines is 1. The molecular formula is C24H22F2N4O3. The fraction of sp³-hybridized carbons (Fsp3) is 0.375. The number of benzene rings is 1. The van der Waals surface area contributed by atoms with E-state index in [4.69, 9.17) is 9.47 Å². The highest BCUT2D eigenvalue weighted by Gasteiger charge is 2.56. The van der Waals surface area contributed by atoms with Gasteiger partial charge < -0.3 is 14.4 Å². The molecule has 3 aliphatic rings. The van der Waals surface area contributed by atoms with Gasteiger partial charge in [-0.1, -0.05) is 0 Å². The van der Waals surface area contributed by atoms with Crippen molar-refractivity contribution >= 4 is 5.82 Å². The average molecular weight is 452 g/mol. The van der Waals surface area contributed by atoms with E-state index in [1.807, 2.05) is 0 Å². The summed E-state index contributed by atoms with van der Waals surface area (Å²) in [5.41, 5.74) is 0.616. The first-order chi connectivity index (χ1) is 15.9. The lowest BCUT2D eigenvalue weighted by Gasteiger charge is -2.27. The van der Waals surface area contributed by atoms with E-state index in [1.165, 1.54) is 12.3 Å². The number of aryl methyl sites for hydroxylation is 1. The van der Waals surface area contributed by atoms with Crippen molar-refractivity contribution in [2.24, 2.45) is 0 Å². The fourth-order valence-electron chi connectivity index (χ4n) is 5.53. The monoisotopic (exact) mass is 452 g/mol. The van der Waals surface area contributed by atoms with Crippen LogP contribution in [0.4, 0.5) is 14.6 Å². The number of hydrogen-bond acceptors (Lipinski definition) is 6. The Morgan fingerprint density at radius 2 is 1.91 bits per heavy atom. The van der Waals surface area contributed by atoms with Gasteiger partial charge in [0.05, 0.1) is 12.1 Å².